The molecule has 0 N–H and O–H groups in total. The summed E-state index contributed by atoms with van der Waals surface area (Å²) in [6, 6.07) is 0. The van der Waals surface area contributed by atoms with Gasteiger partial charge in [-0.05, 0) is 80.5 Å². The molecule has 0 heterocycles. The Labute approximate surface area is 94.8 Å². The van der Waals surface area contributed by atoms with Crippen molar-refractivity contribution in [3.63, 3.8) is 0 Å². The summed E-state index contributed by atoms with van der Waals surface area (Å²) in [5.74, 6) is 5.26. The summed E-state index contributed by atoms with van der Waals surface area (Å²) in [5.41, 5.74) is 0.734. The smallest absolute Gasteiger partial charge is 0.0184 e. The zero-order valence-electron chi connectivity index (χ0n) is 10.4. The van der Waals surface area contributed by atoms with Crippen LogP contribution in [0.5, 0.6) is 0 Å². The molecule has 4 saturated carbocycles. The van der Waals surface area contributed by atoms with Gasteiger partial charge in [0.05, 0.1) is 0 Å². The fourth-order valence-corrected chi connectivity index (χ4v) is 5.54. The Bertz CT molecular complexity index is 201. The van der Waals surface area contributed by atoms with Crippen molar-refractivity contribution in [2.75, 3.05) is 0 Å². The molecule has 4 aliphatic carbocycles. The predicted octanol–water partition coefficient (Wildman–Crippen LogP) is 4.60. The lowest BCUT2D eigenvalue weighted by atomic mass is 9.46. The first kappa shape index (κ1) is 10.2. The molecule has 0 amide bonds. The van der Waals surface area contributed by atoms with Crippen LogP contribution in [0.3, 0.4) is 0 Å². The molecule has 4 rings (SSSR count). The van der Waals surface area contributed by atoms with Crippen molar-refractivity contribution in [1.82, 2.24) is 0 Å². The van der Waals surface area contributed by atoms with Crippen molar-refractivity contribution in [2.45, 2.75) is 65.2 Å². The van der Waals surface area contributed by atoms with E-state index in [-0.39, 0.29) is 0 Å². The Morgan fingerprint density at radius 1 is 0.867 bits per heavy atom. The molecule has 4 aliphatic rings. The normalized spacial score (nSPS) is 47.8. The van der Waals surface area contributed by atoms with Crippen LogP contribution in [0.25, 0.3) is 0 Å². The molecule has 0 spiro atoms. The van der Waals surface area contributed by atoms with Gasteiger partial charge in [0.15, 0.2) is 0 Å². The molecule has 85 valence electrons. The molecule has 4 bridgehead atoms. The number of hydrogen-bond acceptors (Lipinski definition) is 0. The van der Waals surface area contributed by atoms with Gasteiger partial charge in [-0.25, -0.2) is 0 Å². The van der Waals surface area contributed by atoms with E-state index < -0.39 is 0 Å². The van der Waals surface area contributed by atoms with E-state index in [2.05, 4.69) is 13.8 Å². The van der Waals surface area contributed by atoms with Gasteiger partial charge in [0.1, 0.15) is 0 Å². The van der Waals surface area contributed by atoms with E-state index in [9.17, 15) is 0 Å². The summed E-state index contributed by atoms with van der Waals surface area (Å²) in [6.45, 7) is 4.77. The van der Waals surface area contributed by atoms with Crippen molar-refractivity contribution in [3.8, 4) is 0 Å². The van der Waals surface area contributed by atoms with Crippen molar-refractivity contribution >= 4 is 0 Å². The van der Waals surface area contributed by atoms with E-state index in [0.717, 1.165) is 23.2 Å². The van der Waals surface area contributed by atoms with Gasteiger partial charge in [0.25, 0.3) is 0 Å². The Morgan fingerprint density at radius 2 is 1.27 bits per heavy atom. The van der Waals surface area contributed by atoms with Crippen LogP contribution in [-0.4, -0.2) is 0 Å². The quantitative estimate of drug-likeness (QED) is 0.632. The van der Waals surface area contributed by atoms with Gasteiger partial charge in [-0.3, -0.25) is 0 Å². The summed E-state index contributed by atoms with van der Waals surface area (Å²) in [5, 5.41) is 0. The molecule has 0 atom stereocenters. The molecule has 0 aromatic rings. The van der Waals surface area contributed by atoms with Crippen molar-refractivity contribution in [3.05, 3.63) is 5.92 Å². The van der Waals surface area contributed by atoms with Crippen LogP contribution in [0, 0.1) is 29.1 Å². The number of hydrogen-bond donors (Lipinski definition) is 0. The monoisotopic (exact) mass is 205 g/mol. The Morgan fingerprint density at radius 3 is 1.60 bits per heavy atom. The van der Waals surface area contributed by atoms with Crippen LogP contribution >= 0.6 is 0 Å². The zero-order chi connectivity index (χ0) is 10.5. The minimum Gasteiger partial charge on any atom is -0.0648 e. The minimum atomic E-state index is 0.734. The third-order valence-corrected chi connectivity index (χ3v) is 5.64. The van der Waals surface area contributed by atoms with Gasteiger partial charge < -0.3 is 0 Å². The maximum absolute atomic E-state index is 2.39. The fourth-order valence-electron chi connectivity index (χ4n) is 5.54. The third-order valence-electron chi connectivity index (χ3n) is 5.64. The van der Waals surface area contributed by atoms with E-state index in [1.807, 2.05) is 5.92 Å². The highest BCUT2D eigenvalue weighted by Gasteiger charge is 2.53. The van der Waals surface area contributed by atoms with Crippen molar-refractivity contribution < 1.29 is 0 Å². The van der Waals surface area contributed by atoms with E-state index in [4.69, 9.17) is 0 Å². The predicted molar refractivity (Wildman–Crippen MR) is 64.4 cm³/mol. The highest BCUT2D eigenvalue weighted by Crippen LogP contribution is 2.64. The molecule has 0 unspecified atom stereocenters. The van der Waals surface area contributed by atoms with Crippen LogP contribution in [0.2, 0.25) is 0 Å². The van der Waals surface area contributed by atoms with Crippen molar-refractivity contribution in [2.24, 2.45) is 23.2 Å². The van der Waals surface area contributed by atoms with Crippen LogP contribution in [0.1, 0.15) is 65.2 Å². The maximum Gasteiger partial charge on any atom is -0.0184 e. The largest absolute Gasteiger partial charge is 0.0648 e. The minimum absolute atomic E-state index is 0.734. The molecule has 0 heteroatoms. The molecule has 0 nitrogen and oxygen atoms in total. The first-order valence-corrected chi connectivity index (χ1v) is 7.11. The molecule has 0 aromatic heterocycles. The molecular weight excluding hydrogens is 180 g/mol. The first-order chi connectivity index (χ1) is 7.25. The summed E-state index contributed by atoms with van der Waals surface area (Å²) in [7, 11) is 0. The summed E-state index contributed by atoms with van der Waals surface area (Å²) < 4.78 is 0. The molecule has 15 heavy (non-hydrogen) atoms. The number of rotatable bonds is 3. The second-order valence-corrected chi connectivity index (χ2v) is 6.51. The Kier molecular flexibility index (Phi) is 2.37. The Balaban J connectivity index is 1.86. The fraction of sp³-hybridized carbons (Fsp3) is 0.933. The van der Waals surface area contributed by atoms with Crippen LogP contribution in [-0.2, 0) is 0 Å². The van der Waals surface area contributed by atoms with Gasteiger partial charge in [0, 0.05) is 0 Å². The average molecular weight is 205 g/mol. The van der Waals surface area contributed by atoms with Gasteiger partial charge in [-0.15, -0.1) is 0 Å². The summed E-state index contributed by atoms with van der Waals surface area (Å²) in [6.07, 6.45) is 12.1. The highest BCUT2D eigenvalue weighted by atomic mass is 14.6. The van der Waals surface area contributed by atoms with Gasteiger partial charge in [-0.2, -0.15) is 0 Å². The first-order valence-electron chi connectivity index (χ1n) is 7.11. The second kappa shape index (κ2) is 3.50. The highest BCUT2D eigenvalue weighted by molar-refractivity contribution is 5.14. The molecule has 0 saturated heterocycles. The standard InChI is InChI=1S/C15H25/c1-3-14(4-2)15-8-11-5-12(9-15)7-13(6-11)10-15/h11-13H,3-10H2,1-2H3. The SMILES string of the molecule is CC[C](CC)C12CC3CC(CC(C3)C1)C2. The van der Waals surface area contributed by atoms with Crippen molar-refractivity contribution in [1.29, 1.82) is 0 Å². The molecule has 4 fully saturated rings. The van der Waals surface area contributed by atoms with Gasteiger partial charge in [0.2, 0.25) is 0 Å². The van der Waals surface area contributed by atoms with E-state index in [0.29, 0.717) is 0 Å². The third kappa shape index (κ3) is 1.47. The lowest BCUT2D eigenvalue weighted by molar-refractivity contribution is -0.0469. The van der Waals surface area contributed by atoms with Crippen LogP contribution in [0.15, 0.2) is 0 Å². The summed E-state index contributed by atoms with van der Waals surface area (Å²) >= 11 is 0. The lowest BCUT2D eigenvalue weighted by Crippen LogP contribution is -2.48. The van der Waals surface area contributed by atoms with E-state index >= 15 is 0 Å². The second-order valence-electron chi connectivity index (χ2n) is 6.51. The van der Waals surface area contributed by atoms with Gasteiger partial charge in [-0.1, -0.05) is 13.8 Å². The molecule has 1 radical (unpaired) electrons. The Hall–Kier alpha value is 0. The topological polar surface area (TPSA) is 0 Å². The zero-order valence-corrected chi connectivity index (χ0v) is 10.4. The molecular formula is C15H25. The van der Waals surface area contributed by atoms with E-state index in [1.54, 1.807) is 38.5 Å². The summed E-state index contributed by atoms with van der Waals surface area (Å²) in [4.78, 5) is 0. The van der Waals surface area contributed by atoms with Gasteiger partial charge >= 0.3 is 0 Å². The lowest BCUT2D eigenvalue weighted by Gasteiger charge is -2.59. The van der Waals surface area contributed by atoms with Crippen LogP contribution < -0.4 is 0 Å². The molecule has 0 aromatic carbocycles. The molecule has 0 aliphatic heterocycles. The average Bonchev–Trinajstić information content (AvgIpc) is 2.16. The van der Waals surface area contributed by atoms with Crippen LogP contribution in [0.4, 0.5) is 0 Å². The van der Waals surface area contributed by atoms with E-state index in [1.165, 1.54) is 12.8 Å². The maximum atomic E-state index is 2.39.